The third-order valence-electron chi connectivity index (χ3n) is 8.00. The summed E-state index contributed by atoms with van der Waals surface area (Å²) in [5.74, 6) is 1.27. The molecular weight excluding hydrogens is 554 g/mol. The summed E-state index contributed by atoms with van der Waals surface area (Å²) in [6.07, 6.45) is 4.04. The van der Waals surface area contributed by atoms with Crippen LogP contribution in [0.3, 0.4) is 0 Å². The van der Waals surface area contributed by atoms with Gasteiger partial charge in [0.2, 0.25) is 11.8 Å². The van der Waals surface area contributed by atoms with Gasteiger partial charge in [-0.1, -0.05) is 24.3 Å². The first-order chi connectivity index (χ1) is 21.3. The number of nitrogens with one attached hydrogen (secondary N) is 3. The molecule has 1 unspecified atom stereocenters. The molecule has 4 heterocycles. The minimum atomic E-state index is -0.516. The number of anilines is 4. The van der Waals surface area contributed by atoms with E-state index in [1.54, 1.807) is 6.33 Å². The Labute approximate surface area is 260 Å². The van der Waals surface area contributed by atoms with Gasteiger partial charge in [-0.15, -0.1) is 0 Å². The molecule has 2 aromatic carbocycles. The van der Waals surface area contributed by atoms with E-state index in [-0.39, 0.29) is 18.4 Å². The predicted octanol–water partition coefficient (Wildman–Crippen LogP) is 3.27. The normalized spacial score (nSPS) is 20.1. The topological polar surface area (TPSA) is 109 Å². The molecule has 3 aliphatic heterocycles. The molecule has 1 aromatic heterocycles. The lowest BCUT2D eigenvalue weighted by atomic mass is 10.1. The van der Waals surface area contributed by atoms with Crippen LogP contribution in [0.15, 0.2) is 60.9 Å². The number of piperazine rings is 1. The predicted molar refractivity (Wildman–Crippen MR) is 174 cm³/mol. The minimum Gasteiger partial charge on any atom is -0.343 e. The largest absolute Gasteiger partial charge is 0.343 e. The van der Waals surface area contributed by atoms with Crippen molar-refractivity contribution in [2.45, 2.75) is 38.4 Å². The van der Waals surface area contributed by atoms with Crippen LogP contribution in [-0.4, -0.2) is 108 Å². The Morgan fingerprint density at radius 1 is 0.818 bits per heavy atom. The number of hydrogen-bond acceptors (Lipinski definition) is 9. The smallest absolute Gasteiger partial charge is 0.245 e. The number of carbonyl (C=O) groups excluding carboxylic acids is 2. The monoisotopic (exact) mass is 599 g/mol. The van der Waals surface area contributed by atoms with Gasteiger partial charge in [-0.3, -0.25) is 19.4 Å². The van der Waals surface area contributed by atoms with Crippen molar-refractivity contribution < 1.29 is 9.59 Å². The van der Waals surface area contributed by atoms with Gasteiger partial charge in [-0.2, -0.15) is 0 Å². The Hall–Kier alpha value is -4.06. The number of unbranched alkanes of at least 4 members (excludes halogenated alkanes) is 1. The van der Waals surface area contributed by atoms with E-state index < -0.39 is 6.04 Å². The average molecular weight is 600 g/mol. The maximum atomic E-state index is 13.7. The first kappa shape index (κ1) is 31.4. The van der Waals surface area contributed by atoms with Crippen molar-refractivity contribution in [2.75, 3.05) is 71.0 Å². The summed E-state index contributed by atoms with van der Waals surface area (Å²) in [5.41, 5.74) is 4.10. The van der Waals surface area contributed by atoms with E-state index in [1.807, 2.05) is 53.2 Å². The fraction of sp³-hybridized carbons (Fsp3) is 0.455. The number of nitrogens with zero attached hydrogens (tertiary/aromatic N) is 6. The number of carbonyl (C=O) groups is 2. The highest BCUT2D eigenvalue weighted by Gasteiger charge is 2.29. The van der Waals surface area contributed by atoms with E-state index in [9.17, 15) is 9.59 Å². The quantitative estimate of drug-likeness (QED) is 0.381. The van der Waals surface area contributed by atoms with Gasteiger partial charge in [-0.25, -0.2) is 9.97 Å². The molecule has 1 fully saturated rings. The molecule has 3 aromatic rings. The molecule has 234 valence electrons. The van der Waals surface area contributed by atoms with E-state index in [2.05, 4.69) is 68.0 Å². The molecule has 0 radical (unpaired) electrons. The summed E-state index contributed by atoms with van der Waals surface area (Å²) in [4.78, 5) is 44.2. The van der Waals surface area contributed by atoms with Crippen molar-refractivity contribution in [3.8, 4) is 0 Å². The van der Waals surface area contributed by atoms with E-state index in [4.69, 9.17) is 0 Å². The molecule has 11 heteroatoms. The van der Waals surface area contributed by atoms with Crippen LogP contribution in [0.1, 0.15) is 30.4 Å². The molecule has 0 spiro atoms. The van der Waals surface area contributed by atoms with Crippen LogP contribution in [0.2, 0.25) is 0 Å². The highest BCUT2D eigenvalue weighted by atomic mass is 16.2. The van der Waals surface area contributed by atoms with Crippen molar-refractivity contribution in [3.63, 3.8) is 0 Å². The van der Waals surface area contributed by atoms with E-state index >= 15 is 0 Å². The van der Waals surface area contributed by atoms with Crippen LogP contribution in [0, 0.1) is 0 Å². The third kappa shape index (κ3) is 9.22. The lowest BCUT2D eigenvalue weighted by Crippen LogP contribution is -2.55. The number of likely N-dealkylation sites (N-methyl/N-ethyl adjacent to an activating group) is 1. The highest BCUT2D eigenvalue weighted by Crippen LogP contribution is 2.22. The average Bonchev–Trinajstić information content (AvgIpc) is 2.99. The first-order valence-electron chi connectivity index (χ1n) is 15.5. The molecule has 44 heavy (non-hydrogen) atoms. The maximum Gasteiger partial charge on any atom is 0.245 e. The van der Waals surface area contributed by atoms with Crippen LogP contribution < -0.4 is 16.0 Å². The number of benzene rings is 2. The number of amides is 2. The Bertz CT molecular complexity index is 1410. The van der Waals surface area contributed by atoms with Crippen LogP contribution in [0.25, 0.3) is 0 Å². The summed E-state index contributed by atoms with van der Waals surface area (Å²) in [7, 11) is 6.03. The van der Waals surface area contributed by atoms with Crippen molar-refractivity contribution in [3.05, 3.63) is 72.1 Å². The summed E-state index contributed by atoms with van der Waals surface area (Å²) in [6, 6.07) is 17.8. The van der Waals surface area contributed by atoms with Gasteiger partial charge in [0, 0.05) is 56.7 Å². The number of aromatic nitrogens is 2. The Morgan fingerprint density at radius 3 is 2.09 bits per heavy atom. The van der Waals surface area contributed by atoms with E-state index in [0.717, 1.165) is 56.0 Å². The standard InChI is InChI=1S/C33H45N9O2/c1-39(2)13-5-4-12-29-33(44)42-16-14-41(15-17-42)22-26-9-7-11-28(19-26)37-31-20-30(34-24-35-31)36-27-10-6-8-25(18-27)21-40(3)23-32(43)38-29/h6-11,18-20,24,29H,4-5,12-17,21-23H2,1-3H3,(H,38,43)(H2,34,35,36,37). The van der Waals surface area contributed by atoms with Gasteiger partial charge in [0.1, 0.15) is 24.0 Å². The summed E-state index contributed by atoms with van der Waals surface area (Å²) < 4.78 is 0. The fourth-order valence-corrected chi connectivity index (χ4v) is 5.78. The van der Waals surface area contributed by atoms with Gasteiger partial charge in [0.25, 0.3) is 0 Å². The summed E-state index contributed by atoms with van der Waals surface area (Å²) >= 11 is 0. The molecule has 2 amide bonds. The van der Waals surface area contributed by atoms with E-state index in [1.165, 1.54) is 5.56 Å². The molecule has 1 saturated heterocycles. The van der Waals surface area contributed by atoms with Gasteiger partial charge in [0.15, 0.2) is 0 Å². The summed E-state index contributed by atoms with van der Waals surface area (Å²) in [5, 5.41) is 9.89. The second-order valence-electron chi connectivity index (χ2n) is 12.1. The highest BCUT2D eigenvalue weighted by molar-refractivity contribution is 5.88. The Kier molecular flexibility index (Phi) is 10.8. The van der Waals surface area contributed by atoms with Crippen LogP contribution in [0.4, 0.5) is 23.0 Å². The zero-order valence-corrected chi connectivity index (χ0v) is 26.1. The molecule has 0 saturated carbocycles. The summed E-state index contributed by atoms with van der Waals surface area (Å²) in [6.45, 7) is 5.40. The maximum absolute atomic E-state index is 13.7. The number of fused-ring (bicyclic) bond motifs is 8. The van der Waals surface area contributed by atoms with Gasteiger partial charge in [0.05, 0.1) is 6.54 Å². The molecule has 3 aliphatic rings. The second kappa shape index (κ2) is 15.1. The van der Waals surface area contributed by atoms with Gasteiger partial charge < -0.3 is 25.8 Å². The Balaban J connectivity index is 1.36. The van der Waals surface area contributed by atoms with E-state index in [0.29, 0.717) is 37.7 Å². The molecule has 3 N–H and O–H groups in total. The number of hydrogen-bond donors (Lipinski definition) is 3. The van der Waals surface area contributed by atoms with Crippen molar-refractivity contribution >= 4 is 34.8 Å². The molecule has 6 rings (SSSR count). The molecule has 8 bridgehead atoms. The molecule has 1 atom stereocenters. The van der Waals surface area contributed by atoms with Gasteiger partial charge in [-0.05, 0) is 82.3 Å². The molecular formula is C33H45N9O2. The fourth-order valence-electron chi connectivity index (χ4n) is 5.78. The third-order valence-corrected chi connectivity index (χ3v) is 8.00. The zero-order chi connectivity index (χ0) is 30.9. The van der Waals surface area contributed by atoms with Crippen molar-refractivity contribution in [1.29, 1.82) is 0 Å². The zero-order valence-electron chi connectivity index (χ0n) is 26.1. The lowest BCUT2D eigenvalue weighted by molar-refractivity contribution is -0.138. The molecule has 0 aliphatic carbocycles. The van der Waals surface area contributed by atoms with Crippen LogP contribution in [-0.2, 0) is 22.7 Å². The van der Waals surface area contributed by atoms with Crippen molar-refractivity contribution in [1.82, 2.24) is 34.9 Å². The van der Waals surface area contributed by atoms with Crippen molar-refractivity contribution in [2.24, 2.45) is 0 Å². The van der Waals surface area contributed by atoms with Crippen LogP contribution in [0.5, 0.6) is 0 Å². The van der Waals surface area contributed by atoms with Gasteiger partial charge >= 0.3 is 0 Å². The number of rotatable bonds is 5. The first-order valence-corrected chi connectivity index (χ1v) is 15.5. The second-order valence-corrected chi connectivity index (χ2v) is 12.1. The minimum absolute atomic E-state index is 0.0248. The van der Waals surface area contributed by atoms with Crippen LogP contribution >= 0.6 is 0 Å². The molecule has 11 nitrogen and oxygen atoms in total. The SMILES string of the molecule is CN(C)CCCCC1NC(=O)CN(C)Cc2cccc(c2)Nc2cc(ncn2)Nc2cccc(c2)CN2CCN(CC2)C1=O. The Morgan fingerprint density at radius 2 is 1.45 bits per heavy atom. The lowest BCUT2D eigenvalue weighted by Gasteiger charge is -2.36.